The number of halogens is 2. The van der Waals surface area contributed by atoms with Crippen LogP contribution in [0, 0.1) is 0 Å². The number of ether oxygens (including phenoxy) is 1. The number of carbonyl (C=O) groups is 1. The Hall–Kier alpha value is -1.49. The first kappa shape index (κ1) is 14.9. The van der Waals surface area contributed by atoms with Crippen molar-refractivity contribution in [1.82, 2.24) is 0 Å². The van der Waals surface area contributed by atoms with Crippen molar-refractivity contribution in [1.29, 1.82) is 0 Å². The highest BCUT2D eigenvalue weighted by atomic mass is 35.5. The number of hydrogen-bond acceptors (Lipinski definition) is 4. The molecular weight excluding hydrogens is 319 g/mol. The maximum atomic E-state index is 11.9. The summed E-state index contributed by atoms with van der Waals surface area (Å²) in [5.41, 5.74) is 0.653. The summed E-state index contributed by atoms with van der Waals surface area (Å²) in [5, 5.41) is 9.78. The van der Waals surface area contributed by atoms with Crippen LogP contribution in [0.4, 0.5) is 0 Å². The molecule has 0 fully saturated rings. The lowest BCUT2D eigenvalue weighted by molar-refractivity contribution is 0.105. The second-order valence-corrected chi connectivity index (χ2v) is 5.98. The molecule has 0 aliphatic heterocycles. The predicted molar refractivity (Wildman–Crippen MR) is 82.4 cm³/mol. The Bertz CT molecular complexity index is 677. The van der Waals surface area contributed by atoms with E-state index in [1.54, 1.807) is 30.3 Å². The van der Waals surface area contributed by atoms with E-state index in [2.05, 4.69) is 0 Å². The first-order valence-electron chi connectivity index (χ1n) is 5.55. The highest BCUT2D eigenvalue weighted by molar-refractivity contribution is 7.18. The van der Waals surface area contributed by atoms with Crippen molar-refractivity contribution < 1.29 is 14.6 Å². The largest absolute Gasteiger partial charge is 0.503 e. The molecule has 104 valence electrons. The molecule has 2 aromatic rings. The molecule has 2 rings (SSSR count). The van der Waals surface area contributed by atoms with Crippen LogP contribution in [0.15, 0.2) is 30.3 Å². The van der Waals surface area contributed by atoms with E-state index in [1.165, 1.54) is 24.5 Å². The van der Waals surface area contributed by atoms with E-state index >= 15 is 0 Å². The molecule has 0 saturated heterocycles. The molecule has 1 aromatic carbocycles. The van der Waals surface area contributed by atoms with Gasteiger partial charge < -0.3 is 9.84 Å². The monoisotopic (exact) mass is 328 g/mol. The van der Waals surface area contributed by atoms with Gasteiger partial charge in [0.25, 0.3) is 0 Å². The Morgan fingerprint density at radius 1 is 1.35 bits per heavy atom. The predicted octanol–water partition coefficient (Wildman–Crippen LogP) is 4.67. The molecule has 0 atom stereocenters. The van der Waals surface area contributed by atoms with Gasteiger partial charge in [-0.2, -0.15) is 0 Å². The molecule has 0 bridgehead atoms. The van der Waals surface area contributed by atoms with Gasteiger partial charge in [-0.05, 0) is 35.9 Å². The van der Waals surface area contributed by atoms with Gasteiger partial charge in [0.2, 0.25) is 0 Å². The zero-order valence-corrected chi connectivity index (χ0v) is 12.7. The molecule has 0 aliphatic carbocycles. The first-order valence-corrected chi connectivity index (χ1v) is 7.12. The summed E-state index contributed by atoms with van der Waals surface area (Å²) < 4.78 is 5.56. The highest BCUT2D eigenvalue weighted by Gasteiger charge is 2.09. The SMILES string of the molecule is COc1cc(/C=C/C(=O)c2ccc(Cl)s2)cc(Cl)c1O. The van der Waals surface area contributed by atoms with Gasteiger partial charge in [-0.25, -0.2) is 0 Å². The van der Waals surface area contributed by atoms with Crippen molar-refractivity contribution in [3.8, 4) is 11.5 Å². The summed E-state index contributed by atoms with van der Waals surface area (Å²) in [5.74, 6) is -0.0171. The molecule has 3 nitrogen and oxygen atoms in total. The zero-order chi connectivity index (χ0) is 14.7. The van der Waals surface area contributed by atoms with Crippen LogP contribution in [0.25, 0.3) is 6.08 Å². The topological polar surface area (TPSA) is 46.5 Å². The molecule has 0 radical (unpaired) electrons. The van der Waals surface area contributed by atoms with Crippen LogP contribution >= 0.6 is 34.5 Å². The standard InChI is InChI=1S/C14H10Cl2O3S/c1-19-11-7-8(6-9(15)14(11)18)2-3-10(17)12-4-5-13(16)20-12/h2-7,18H,1H3/b3-2+. The maximum Gasteiger partial charge on any atom is 0.195 e. The normalized spacial score (nSPS) is 10.9. The molecule has 0 unspecified atom stereocenters. The lowest BCUT2D eigenvalue weighted by Gasteiger charge is -2.06. The fourth-order valence-electron chi connectivity index (χ4n) is 1.55. The Balaban J connectivity index is 2.23. The van der Waals surface area contributed by atoms with Crippen molar-refractivity contribution in [2.45, 2.75) is 0 Å². The second-order valence-electron chi connectivity index (χ2n) is 3.85. The van der Waals surface area contributed by atoms with E-state index in [9.17, 15) is 9.90 Å². The van der Waals surface area contributed by atoms with E-state index in [0.717, 1.165) is 0 Å². The number of aromatic hydroxyl groups is 1. The third-order valence-corrected chi connectivity index (χ3v) is 4.05. The molecule has 1 N–H and O–H groups in total. The first-order chi connectivity index (χ1) is 9.51. The lowest BCUT2D eigenvalue weighted by atomic mass is 10.1. The number of methoxy groups -OCH3 is 1. The smallest absolute Gasteiger partial charge is 0.195 e. The number of ketones is 1. The van der Waals surface area contributed by atoms with Crippen molar-refractivity contribution in [3.05, 3.63) is 50.1 Å². The number of phenols is 1. The van der Waals surface area contributed by atoms with Crippen LogP contribution in [-0.2, 0) is 0 Å². The van der Waals surface area contributed by atoms with Crippen molar-refractivity contribution >= 4 is 46.4 Å². The highest BCUT2D eigenvalue weighted by Crippen LogP contribution is 2.35. The van der Waals surface area contributed by atoms with Gasteiger partial charge in [0.05, 0.1) is 21.3 Å². The lowest BCUT2D eigenvalue weighted by Crippen LogP contribution is -1.89. The average molecular weight is 329 g/mol. The fourth-order valence-corrected chi connectivity index (χ4v) is 2.73. The summed E-state index contributed by atoms with van der Waals surface area (Å²) in [6.45, 7) is 0. The molecular formula is C14H10Cl2O3S. The van der Waals surface area contributed by atoms with Crippen molar-refractivity contribution in [2.75, 3.05) is 7.11 Å². The summed E-state index contributed by atoms with van der Waals surface area (Å²) in [6, 6.07) is 6.48. The summed E-state index contributed by atoms with van der Waals surface area (Å²) in [4.78, 5) is 12.4. The minimum absolute atomic E-state index is 0.123. The van der Waals surface area contributed by atoms with Crippen molar-refractivity contribution in [3.63, 3.8) is 0 Å². The van der Waals surface area contributed by atoms with E-state index in [0.29, 0.717) is 14.8 Å². The number of benzene rings is 1. The number of rotatable bonds is 4. The Kier molecular flexibility index (Phi) is 4.70. The van der Waals surface area contributed by atoms with Crippen LogP contribution in [0.3, 0.4) is 0 Å². The Morgan fingerprint density at radius 3 is 2.70 bits per heavy atom. The number of hydrogen-bond donors (Lipinski definition) is 1. The van der Waals surface area contributed by atoms with E-state index in [4.69, 9.17) is 27.9 Å². The van der Waals surface area contributed by atoms with Gasteiger partial charge in [0.15, 0.2) is 17.3 Å². The minimum Gasteiger partial charge on any atom is -0.503 e. The number of thiophene rings is 1. The number of phenolic OH excluding ortho intramolecular Hbond substituents is 1. The van der Waals surface area contributed by atoms with Crippen molar-refractivity contribution in [2.24, 2.45) is 0 Å². The Morgan fingerprint density at radius 2 is 2.10 bits per heavy atom. The van der Waals surface area contributed by atoms with Gasteiger partial charge in [-0.1, -0.05) is 29.3 Å². The summed E-state index contributed by atoms with van der Waals surface area (Å²) in [7, 11) is 1.43. The fraction of sp³-hybridized carbons (Fsp3) is 0.0714. The van der Waals surface area contributed by atoms with E-state index < -0.39 is 0 Å². The minimum atomic E-state index is -0.148. The Labute approximate surface area is 130 Å². The summed E-state index contributed by atoms with van der Waals surface area (Å²) >= 11 is 12.9. The van der Waals surface area contributed by atoms with Gasteiger partial charge in [0, 0.05) is 0 Å². The number of carbonyl (C=O) groups excluding carboxylic acids is 1. The molecule has 1 aromatic heterocycles. The molecule has 0 aliphatic rings. The third-order valence-electron chi connectivity index (χ3n) is 2.51. The molecule has 1 heterocycles. The maximum absolute atomic E-state index is 11.9. The number of allylic oxidation sites excluding steroid dienone is 1. The molecule has 20 heavy (non-hydrogen) atoms. The second kappa shape index (κ2) is 6.31. The van der Waals surface area contributed by atoms with Gasteiger partial charge in [-0.3, -0.25) is 4.79 Å². The molecule has 0 saturated carbocycles. The molecule has 0 spiro atoms. The third kappa shape index (κ3) is 3.33. The van der Waals surface area contributed by atoms with Crippen LogP contribution in [0.2, 0.25) is 9.36 Å². The van der Waals surface area contributed by atoms with Crippen LogP contribution in [0.5, 0.6) is 11.5 Å². The molecule has 0 amide bonds. The quantitative estimate of drug-likeness (QED) is 0.655. The van der Waals surface area contributed by atoms with Gasteiger partial charge in [-0.15, -0.1) is 11.3 Å². The van der Waals surface area contributed by atoms with Crippen LogP contribution < -0.4 is 4.74 Å². The van der Waals surface area contributed by atoms with Crippen LogP contribution in [0.1, 0.15) is 15.2 Å². The van der Waals surface area contributed by atoms with E-state index in [1.807, 2.05) is 0 Å². The van der Waals surface area contributed by atoms with Gasteiger partial charge in [0.1, 0.15) is 0 Å². The van der Waals surface area contributed by atoms with E-state index in [-0.39, 0.29) is 22.3 Å². The average Bonchev–Trinajstić information content (AvgIpc) is 2.86. The molecule has 6 heteroatoms. The van der Waals surface area contributed by atoms with Gasteiger partial charge >= 0.3 is 0 Å². The zero-order valence-electron chi connectivity index (χ0n) is 10.4. The summed E-state index contributed by atoms with van der Waals surface area (Å²) in [6.07, 6.45) is 3.02. The van der Waals surface area contributed by atoms with Crippen LogP contribution in [-0.4, -0.2) is 18.0 Å².